The lowest BCUT2D eigenvalue weighted by atomic mass is 10.2. The van der Waals surface area contributed by atoms with E-state index in [2.05, 4.69) is 15.1 Å². The lowest BCUT2D eigenvalue weighted by molar-refractivity contribution is 0.414. The number of nitrogen functional groups attached to an aromatic ring is 1. The predicted octanol–water partition coefficient (Wildman–Crippen LogP) is 2.39. The van der Waals surface area contributed by atoms with Crippen LogP contribution in [0.3, 0.4) is 0 Å². The van der Waals surface area contributed by atoms with Gasteiger partial charge in [-0.25, -0.2) is 4.98 Å². The smallest absolute Gasteiger partial charge is 0.278 e. The number of ether oxygens (including phenoxy) is 1. The molecule has 2 heterocycles. The van der Waals surface area contributed by atoms with Gasteiger partial charge in [0.1, 0.15) is 5.75 Å². The first-order valence-electron chi connectivity index (χ1n) is 5.97. The monoisotopic (exact) mass is 268 g/mol. The van der Waals surface area contributed by atoms with E-state index in [0.717, 1.165) is 11.3 Å². The van der Waals surface area contributed by atoms with Crippen molar-refractivity contribution in [2.75, 3.05) is 12.8 Å². The second-order valence-electron chi connectivity index (χ2n) is 4.10. The van der Waals surface area contributed by atoms with Crippen LogP contribution in [-0.2, 0) is 0 Å². The van der Waals surface area contributed by atoms with E-state index in [0.29, 0.717) is 23.1 Å². The molecule has 3 aromatic rings. The zero-order chi connectivity index (χ0) is 13.9. The maximum atomic E-state index is 5.84. The molecule has 0 aliphatic heterocycles. The number of benzene rings is 1. The van der Waals surface area contributed by atoms with Crippen molar-refractivity contribution in [2.45, 2.75) is 0 Å². The van der Waals surface area contributed by atoms with Crippen LogP contribution in [0.15, 0.2) is 47.1 Å². The van der Waals surface area contributed by atoms with Crippen LogP contribution in [0.2, 0.25) is 0 Å². The minimum absolute atomic E-state index is 0.293. The number of pyridine rings is 1. The maximum absolute atomic E-state index is 5.84. The lowest BCUT2D eigenvalue weighted by Crippen LogP contribution is -1.92. The zero-order valence-corrected chi connectivity index (χ0v) is 10.8. The zero-order valence-electron chi connectivity index (χ0n) is 10.8. The molecule has 0 radical (unpaired) electrons. The van der Waals surface area contributed by atoms with Gasteiger partial charge in [-0.05, 0) is 24.3 Å². The average molecular weight is 268 g/mol. The van der Waals surface area contributed by atoms with Crippen molar-refractivity contribution in [1.82, 2.24) is 15.1 Å². The van der Waals surface area contributed by atoms with Crippen LogP contribution in [0.5, 0.6) is 5.75 Å². The average Bonchev–Trinajstić information content (AvgIpc) is 2.97. The minimum Gasteiger partial charge on any atom is -0.497 e. The summed E-state index contributed by atoms with van der Waals surface area (Å²) in [7, 11) is 1.61. The van der Waals surface area contributed by atoms with Gasteiger partial charge in [-0.1, -0.05) is 17.3 Å². The molecule has 100 valence electrons. The summed E-state index contributed by atoms with van der Waals surface area (Å²) in [4.78, 5) is 8.45. The number of rotatable bonds is 3. The van der Waals surface area contributed by atoms with E-state index in [9.17, 15) is 0 Å². The summed E-state index contributed by atoms with van der Waals surface area (Å²) in [5.41, 5.74) is 7.61. The second-order valence-corrected chi connectivity index (χ2v) is 4.10. The Hall–Kier alpha value is -2.89. The predicted molar refractivity (Wildman–Crippen MR) is 73.9 cm³/mol. The highest BCUT2D eigenvalue weighted by Crippen LogP contribution is 2.26. The van der Waals surface area contributed by atoms with Gasteiger partial charge in [0.2, 0.25) is 5.82 Å². The normalized spacial score (nSPS) is 10.4. The molecule has 0 aliphatic carbocycles. The lowest BCUT2D eigenvalue weighted by Gasteiger charge is -2.00. The summed E-state index contributed by atoms with van der Waals surface area (Å²) in [6.45, 7) is 0. The molecule has 2 aromatic heterocycles. The van der Waals surface area contributed by atoms with Crippen LogP contribution in [-0.4, -0.2) is 22.2 Å². The third kappa shape index (κ3) is 2.18. The molecule has 0 aliphatic rings. The summed E-state index contributed by atoms with van der Waals surface area (Å²) >= 11 is 0. The van der Waals surface area contributed by atoms with E-state index in [4.69, 9.17) is 15.0 Å². The summed E-state index contributed by atoms with van der Waals surface area (Å²) in [5, 5.41) is 3.94. The first-order valence-corrected chi connectivity index (χ1v) is 5.97. The Morgan fingerprint density at radius 2 is 2.10 bits per heavy atom. The van der Waals surface area contributed by atoms with E-state index in [-0.39, 0.29) is 0 Å². The SMILES string of the molecule is COc1cccc(-c2noc(-c3ncccc3N)n2)c1. The van der Waals surface area contributed by atoms with Gasteiger partial charge in [-0.2, -0.15) is 4.98 Å². The van der Waals surface area contributed by atoms with Crippen molar-refractivity contribution in [3.05, 3.63) is 42.6 Å². The summed E-state index contributed by atoms with van der Waals surface area (Å²) < 4.78 is 10.4. The molecule has 0 spiro atoms. The number of aromatic nitrogens is 3. The molecule has 0 atom stereocenters. The molecule has 2 N–H and O–H groups in total. The Kier molecular flexibility index (Phi) is 3.04. The van der Waals surface area contributed by atoms with E-state index in [1.165, 1.54) is 0 Å². The summed E-state index contributed by atoms with van der Waals surface area (Å²) in [6.07, 6.45) is 1.63. The first-order chi connectivity index (χ1) is 9.78. The van der Waals surface area contributed by atoms with Crippen LogP contribution in [0, 0.1) is 0 Å². The maximum Gasteiger partial charge on any atom is 0.278 e. The number of hydrogen-bond donors (Lipinski definition) is 1. The molecule has 0 fully saturated rings. The Labute approximate surface area is 115 Å². The molecule has 0 amide bonds. The molecule has 0 saturated heterocycles. The fourth-order valence-corrected chi connectivity index (χ4v) is 1.80. The Morgan fingerprint density at radius 1 is 1.20 bits per heavy atom. The first kappa shape index (κ1) is 12.2. The number of nitrogens with two attached hydrogens (primary N) is 1. The molecule has 6 nitrogen and oxygen atoms in total. The van der Waals surface area contributed by atoms with Crippen LogP contribution in [0.25, 0.3) is 23.0 Å². The molecule has 0 bridgehead atoms. The van der Waals surface area contributed by atoms with Crippen molar-refractivity contribution in [2.24, 2.45) is 0 Å². The van der Waals surface area contributed by atoms with Crippen LogP contribution in [0.1, 0.15) is 0 Å². The number of anilines is 1. The topological polar surface area (TPSA) is 87.1 Å². The van der Waals surface area contributed by atoms with E-state index in [1.807, 2.05) is 24.3 Å². The van der Waals surface area contributed by atoms with Crippen molar-refractivity contribution in [3.8, 4) is 28.7 Å². The van der Waals surface area contributed by atoms with Gasteiger partial charge in [0.25, 0.3) is 5.89 Å². The highest BCUT2D eigenvalue weighted by atomic mass is 16.5. The van der Waals surface area contributed by atoms with Gasteiger partial charge in [-0.3, -0.25) is 0 Å². The summed E-state index contributed by atoms with van der Waals surface area (Å²) in [5.74, 6) is 1.48. The molecule has 0 saturated carbocycles. The molecule has 0 unspecified atom stereocenters. The molecular weight excluding hydrogens is 256 g/mol. The Morgan fingerprint density at radius 3 is 2.90 bits per heavy atom. The van der Waals surface area contributed by atoms with Gasteiger partial charge in [-0.15, -0.1) is 0 Å². The standard InChI is InChI=1S/C14H12N4O2/c1-19-10-5-2-4-9(8-10)13-17-14(20-18-13)12-11(15)6-3-7-16-12/h2-8H,15H2,1H3. The van der Waals surface area contributed by atoms with Gasteiger partial charge < -0.3 is 15.0 Å². The van der Waals surface area contributed by atoms with Crippen LogP contribution in [0.4, 0.5) is 5.69 Å². The molecule has 1 aromatic carbocycles. The molecule has 6 heteroatoms. The fourth-order valence-electron chi connectivity index (χ4n) is 1.80. The third-order valence-electron chi connectivity index (χ3n) is 2.80. The van der Waals surface area contributed by atoms with E-state index >= 15 is 0 Å². The number of hydrogen-bond acceptors (Lipinski definition) is 6. The second kappa shape index (κ2) is 5.00. The van der Waals surface area contributed by atoms with Gasteiger partial charge >= 0.3 is 0 Å². The van der Waals surface area contributed by atoms with Gasteiger partial charge in [0.05, 0.1) is 12.8 Å². The largest absolute Gasteiger partial charge is 0.497 e. The Balaban J connectivity index is 2.00. The van der Waals surface area contributed by atoms with Crippen molar-refractivity contribution in [1.29, 1.82) is 0 Å². The van der Waals surface area contributed by atoms with E-state index < -0.39 is 0 Å². The number of methoxy groups -OCH3 is 1. The van der Waals surface area contributed by atoms with Gasteiger partial charge in [0, 0.05) is 11.8 Å². The minimum atomic E-state index is 0.293. The van der Waals surface area contributed by atoms with Crippen molar-refractivity contribution >= 4 is 5.69 Å². The van der Waals surface area contributed by atoms with Crippen LogP contribution < -0.4 is 10.5 Å². The molecular formula is C14H12N4O2. The van der Waals surface area contributed by atoms with E-state index in [1.54, 1.807) is 25.4 Å². The quantitative estimate of drug-likeness (QED) is 0.784. The Bertz CT molecular complexity index is 739. The number of nitrogens with zero attached hydrogens (tertiary/aromatic N) is 3. The molecule has 20 heavy (non-hydrogen) atoms. The van der Waals surface area contributed by atoms with Crippen molar-refractivity contribution < 1.29 is 9.26 Å². The molecule has 3 rings (SSSR count). The third-order valence-corrected chi connectivity index (χ3v) is 2.80. The summed E-state index contributed by atoms with van der Waals surface area (Å²) in [6, 6.07) is 10.9. The van der Waals surface area contributed by atoms with Crippen molar-refractivity contribution in [3.63, 3.8) is 0 Å². The highest BCUT2D eigenvalue weighted by Gasteiger charge is 2.14. The fraction of sp³-hybridized carbons (Fsp3) is 0.0714. The van der Waals surface area contributed by atoms with Crippen LogP contribution >= 0.6 is 0 Å². The highest BCUT2D eigenvalue weighted by molar-refractivity contribution is 5.67. The van der Waals surface area contributed by atoms with Gasteiger partial charge in [0.15, 0.2) is 5.69 Å².